The molecule has 0 aromatic rings. The van der Waals surface area contributed by atoms with Gasteiger partial charge in [-0.2, -0.15) is 5.26 Å². The van der Waals surface area contributed by atoms with Crippen LogP contribution in [0.3, 0.4) is 0 Å². The first kappa shape index (κ1) is 18.1. The first-order valence-electron chi connectivity index (χ1n) is 8.20. The fourth-order valence-corrected chi connectivity index (χ4v) is 4.32. The number of carbonyl (C=O) groups is 2. The predicted octanol–water partition coefficient (Wildman–Crippen LogP) is 1.58. The van der Waals surface area contributed by atoms with Gasteiger partial charge in [-0.25, -0.2) is 0 Å². The first-order chi connectivity index (χ1) is 11.6. The van der Waals surface area contributed by atoms with Crippen LogP contribution in [0.4, 0.5) is 0 Å². The highest BCUT2D eigenvalue weighted by atomic mass is 32.2. The molecule has 0 radical (unpaired) electrons. The van der Waals surface area contributed by atoms with Gasteiger partial charge in [0.2, 0.25) is 0 Å². The third-order valence-corrected chi connectivity index (χ3v) is 5.26. The number of nitriles is 1. The summed E-state index contributed by atoms with van der Waals surface area (Å²) in [6.07, 6.45) is 0.292. The first-order valence-corrected chi connectivity index (χ1v) is 9.02. The van der Waals surface area contributed by atoms with Crippen LogP contribution in [0.25, 0.3) is 0 Å². The van der Waals surface area contributed by atoms with Crippen LogP contribution in [0.15, 0.2) is 11.1 Å². The third-order valence-electron chi connectivity index (χ3n) is 4.23. The number of esters is 2. The number of nitrogens with zero attached hydrogens (tertiary/aromatic N) is 2. The van der Waals surface area contributed by atoms with Gasteiger partial charge in [0.05, 0.1) is 12.1 Å². The number of likely N-dealkylation sites (tertiary alicyclic amines) is 1. The predicted molar refractivity (Wildman–Crippen MR) is 90.2 cm³/mol. The van der Waals surface area contributed by atoms with E-state index in [0.29, 0.717) is 4.91 Å². The molecule has 0 aromatic heterocycles. The number of ether oxygens (including phenoxy) is 3. The minimum Gasteiger partial charge on any atom is -0.456 e. The number of hydrogen-bond acceptors (Lipinski definition) is 8. The minimum absolute atomic E-state index is 0.0464. The Labute approximate surface area is 151 Å². The van der Waals surface area contributed by atoms with Crippen molar-refractivity contribution in [1.82, 2.24) is 4.90 Å². The molecule has 0 spiro atoms. The third kappa shape index (κ3) is 3.77. The van der Waals surface area contributed by atoms with Gasteiger partial charge in [-0.15, -0.1) is 11.8 Å². The zero-order valence-corrected chi connectivity index (χ0v) is 15.7. The molecular weight excluding hydrogens is 344 g/mol. The lowest BCUT2D eigenvalue weighted by Crippen LogP contribution is -2.47. The van der Waals surface area contributed by atoms with Gasteiger partial charge >= 0.3 is 11.9 Å². The number of thioether (sulfide) groups is 1. The van der Waals surface area contributed by atoms with Crippen molar-refractivity contribution in [3.8, 4) is 6.07 Å². The van der Waals surface area contributed by atoms with Crippen molar-refractivity contribution in [3.05, 3.63) is 11.1 Å². The molecule has 0 bridgehead atoms. The summed E-state index contributed by atoms with van der Waals surface area (Å²) in [6.45, 7) is 8.77. The van der Waals surface area contributed by atoms with E-state index >= 15 is 0 Å². The molecule has 2 saturated heterocycles. The van der Waals surface area contributed by atoms with Crippen LogP contribution in [0, 0.1) is 11.3 Å². The van der Waals surface area contributed by atoms with Crippen molar-refractivity contribution in [3.63, 3.8) is 0 Å². The highest BCUT2D eigenvalue weighted by Gasteiger charge is 2.73. The standard InChI is InChI=1S/C17H22N2O5S/c1-8(20)22-13-11-12(14-16(24-14)15(13)23-9(2)21)19(11)7-10(6-18)25-17(3,4)5/h7,11-16H,1-5H3/b10-7+/t11-,12+,13+,14+,15-,16+,19?/m1/s1. The number of carbonyl (C=O) groups excluding carboxylic acids is 2. The van der Waals surface area contributed by atoms with Crippen molar-refractivity contribution >= 4 is 23.7 Å². The molecule has 2 aliphatic heterocycles. The molecule has 3 rings (SSSR count). The Morgan fingerprint density at radius 2 is 1.72 bits per heavy atom. The van der Waals surface area contributed by atoms with Crippen molar-refractivity contribution in [2.45, 2.75) is 75.9 Å². The SMILES string of the molecule is CC(=O)O[C@H]1[C@H]2O[C@H]2[C@@H]2[C@H]([C@@H]1OC(C)=O)N2/C=C(\C#N)SC(C)(C)C. The smallest absolute Gasteiger partial charge is 0.303 e. The minimum atomic E-state index is -0.605. The Balaban J connectivity index is 1.81. The highest BCUT2D eigenvalue weighted by Crippen LogP contribution is 2.53. The number of fused-ring (bicyclic) bond motifs is 3. The summed E-state index contributed by atoms with van der Waals surface area (Å²) in [5, 5.41) is 9.41. The average molecular weight is 366 g/mol. The lowest BCUT2D eigenvalue weighted by molar-refractivity contribution is -0.167. The molecular formula is C17H22N2O5S. The maximum atomic E-state index is 11.5. The van der Waals surface area contributed by atoms with E-state index in [1.54, 1.807) is 6.20 Å². The maximum Gasteiger partial charge on any atom is 0.303 e. The lowest BCUT2D eigenvalue weighted by atomic mass is 9.94. The lowest BCUT2D eigenvalue weighted by Gasteiger charge is -2.26. The summed E-state index contributed by atoms with van der Waals surface area (Å²) in [5.41, 5.74) is 0. The number of rotatable bonds is 4. The molecule has 6 atom stereocenters. The Morgan fingerprint density at radius 1 is 1.12 bits per heavy atom. The van der Waals surface area contributed by atoms with Gasteiger partial charge in [0.25, 0.3) is 0 Å². The van der Waals surface area contributed by atoms with E-state index < -0.39 is 24.1 Å². The van der Waals surface area contributed by atoms with Crippen LogP contribution in [0.1, 0.15) is 34.6 Å². The molecule has 0 aromatic carbocycles. The fraction of sp³-hybridized carbons (Fsp3) is 0.706. The van der Waals surface area contributed by atoms with E-state index in [4.69, 9.17) is 14.2 Å². The number of hydrogen-bond donors (Lipinski definition) is 0. The van der Waals surface area contributed by atoms with Crippen molar-refractivity contribution in [2.24, 2.45) is 0 Å². The summed E-state index contributed by atoms with van der Waals surface area (Å²) < 4.78 is 16.4. The summed E-state index contributed by atoms with van der Waals surface area (Å²) in [4.78, 5) is 25.5. The second-order valence-electron chi connectivity index (χ2n) is 7.46. The monoisotopic (exact) mass is 366 g/mol. The van der Waals surface area contributed by atoms with Crippen molar-refractivity contribution in [2.75, 3.05) is 0 Å². The topological polar surface area (TPSA) is 91.9 Å². The summed E-state index contributed by atoms with van der Waals surface area (Å²) in [5.74, 6) is -0.862. The van der Waals surface area contributed by atoms with E-state index in [-0.39, 0.29) is 29.0 Å². The summed E-state index contributed by atoms with van der Waals surface area (Å²) in [6, 6.07) is 2.12. The van der Waals surface area contributed by atoms with Gasteiger partial charge in [0.15, 0.2) is 12.2 Å². The molecule has 3 aliphatic rings. The molecule has 8 heteroatoms. The normalized spacial score (nSPS) is 35.8. The molecule has 25 heavy (non-hydrogen) atoms. The summed E-state index contributed by atoms with van der Waals surface area (Å²) in [7, 11) is 0. The average Bonchev–Trinajstić information content (AvgIpc) is 3.33. The quantitative estimate of drug-likeness (QED) is 0.421. The molecule has 1 saturated carbocycles. The van der Waals surface area contributed by atoms with Gasteiger partial charge < -0.3 is 19.1 Å². The van der Waals surface area contributed by atoms with E-state index in [1.165, 1.54) is 25.6 Å². The Bertz CT molecular complexity index is 665. The van der Waals surface area contributed by atoms with E-state index in [1.807, 2.05) is 25.7 Å². The second-order valence-corrected chi connectivity index (χ2v) is 9.33. The Kier molecular flexibility index (Phi) is 4.50. The van der Waals surface area contributed by atoms with Crippen LogP contribution in [-0.4, -0.2) is 58.1 Å². The van der Waals surface area contributed by atoms with E-state index in [9.17, 15) is 14.9 Å². The van der Waals surface area contributed by atoms with Crippen molar-refractivity contribution in [1.29, 1.82) is 5.26 Å². The highest BCUT2D eigenvalue weighted by molar-refractivity contribution is 8.04. The van der Waals surface area contributed by atoms with Gasteiger partial charge in [-0.3, -0.25) is 9.59 Å². The van der Waals surface area contributed by atoms with Gasteiger partial charge in [0.1, 0.15) is 23.2 Å². The molecule has 0 N–H and O–H groups in total. The van der Waals surface area contributed by atoms with Crippen LogP contribution in [-0.2, 0) is 23.8 Å². The van der Waals surface area contributed by atoms with E-state index in [2.05, 4.69) is 6.07 Å². The zero-order chi connectivity index (χ0) is 18.5. The molecule has 136 valence electrons. The zero-order valence-electron chi connectivity index (χ0n) is 14.9. The number of epoxide rings is 1. The van der Waals surface area contributed by atoms with Gasteiger partial charge in [-0.1, -0.05) is 20.8 Å². The molecule has 3 fully saturated rings. The Hall–Kier alpha value is -1.72. The molecule has 0 amide bonds. The summed E-state index contributed by atoms with van der Waals surface area (Å²) >= 11 is 1.48. The number of allylic oxidation sites excluding steroid dienone is 1. The van der Waals surface area contributed by atoms with Gasteiger partial charge in [-0.05, 0) is 0 Å². The molecule has 0 unspecified atom stereocenters. The van der Waals surface area contributed by atoms with Crippen LogP contribution >= 0.6 is 11.8 Å². The van der Waals surface area contributed by atoms with Crippen LogP contribution in [0.2, 0.25) is 0 Å². The fourth-order valence-electron chi connectivity index (χ4n) is 3.44. The Morgan fingerprint density at radius 3 is 2.24 bits per heavy atom. The molecule has 7 nitrogen and oxygen atoms in total. The van der Waals surface area contributed by atoms with Gasteiger partial charge in [0, 0.05) is 24.8 Å². The van der Waals surface area contributed by atoms with E-state index in [0.717, 1.165) is 0 Å². The van der Waals surface area contributed by atoms with Crippen LogP contribution < -0.4 is 0 Å². The molecule has 2 heterocycles. The molecule has 1 aliphatic carbocycles. The second kappa shape index (κ2) is 6.22. The van der Waals surface area contributed by atoms with Crippen LogP contribution in [0.5, 0.6) is 0 Å². The van der Waals surface area contributed by atoms with Crippen molar-refractivity contribution < 1.29 is 23.8 Å². The largest absolute Gasteiger partial charge is 0.456 e. The maximum absolute atomic E-state index is 11.5.